The third-order valence-electron chi connectivity index (χ3n) is 4.35. The van der Waals surface area contributed by atoms with Crippen molar-refractivity contribution in [2.45, 2.75) is 20.4 Å². The molecule has 0 amide bonds. The second-order valence-electron chi connectivity index (χ2n) is 6.48. The van der Waals surface area contributed by atoms with E-state index in [-0.39, 0.29) is 5.78 Å². The molecule has 0 atom stereocenters. The van der Waals surface area contributed by atoms with E-state index in [1.165, 1.54) is 6.08 Å². The van der Waals surface area contributed by atoms with Crippen molar-refractivity contribution in [3.63, 3.8) is 0 Å². The molecule has 0 saturated carbocycles. The largest absolute Gasteiger partial charge is 0.496 e. The highest BCUT2D eigenvalue weighted by atomic mass is 35.5. The SMILES string of the molecule is COc1ccc(/C=C/C(=O)c2ccc(Cl)cc2Cl)cc1Cn1nc(C)cc1C. The molecule has 0 aliphatic rings. The molecule has 1 heterocycles. The zero-order chi connectivity index (χ0) is 20.3. The molecule has 6 heteroatoms. The Hall–Kier alpha value is -2.56. The van der Waals surface area contributed by atoms with E-state index in [0.29, 0.717) is 22.2 Å². The molecule has 0 spiro atoms. The Balaban J connectivity index is 1.85. The number of nitrogens with zero attached hydrogens (tertiary/aromatic N) is 2. The minimum atomic E-state index is -0.183. The zero-order valence-electron chi connectivity index (χ0n) is 15.9. The number of aryl methyl sites for hydroxylation is 2. The summed E-state index contributed by atoms with van der Waals surface area (Å²) in [5.74, 6) is 0.592. The zero-order valence-corrected chi connectivity index (χ0v) is 17.4. The van der Waals surface area contributed by atoms with Crippen LogP contribution in [0.3, 0.4) is 0 Å². The van der Waals surface area contributed by atoms with Crippen LogP contribution in [0, 0.1) is 13.8 Å². The summed E-state index contributed by atoms with van der Waals surface area (Å²) in [5, 5.41) is 5.33. The molecule has 144 valence electrons. The number of rotatable bonds is 6. The van der Waals surface area contributed by atoms with E-state index in [0.717, 1.165) is 28.3 Å². The minimum Gasteiger partial charge on any atom is -0.496 e. The molecule has 0 aliphatic heterocycles. The van der Waals surface area contributed by atoms with Crippen LogP contribution in [-0.4, -0.2) is 22.7 Å². The number of aromatic nitrogens is 2. The van der Waals surface area contributed by atoms with Crippen LogP contribution in [0.1, 0.15) is 32.9 Å². The first-order valence-corrected chi connectivity index (χ1v) is 9.48. The molecule has 2 aromatic carbocycles. The fraction of sp³-hybridized carbons (Fsp3) is 0.182. The monoisotopic (exact) mass is 414 g/mol. The third-order valence-corrected chi connectivity index (χ3v) is 4.90. The van der Waals surface area contributed by atoms with E-state index in [1.54, 1.807) is 31.4 Å². The van der Waals surface area contributed by atoms with E-state index in [9.17, 15) is 4.79 Å². The van der Waals surface area contributed by atoms with Crippen molar-refractivity contribution in [2.75, 3.05) is 7.11 Å². The highest BCUT2D eigenvalue weighted by Gasteiger charge is 2.10. The van der Waals surface area contributed by atoms with Gasteiger partial charge in [-0.3, -0.25) is 9.48 Å². The predicted molar refractivity (Wildman–Crippen MR) is 114 cm³/mol. The van der Waals surface area contributed by atoms with Gasteiger partial charge in [0.15, 0.2) is 5.78 Å². The van der Waals surface area contributed by atoms with Gasteiger partial charge in [-0.25, -0.2) is 0 Å². The lowest BCUT2D eigenvalue weighted by molar-refractivity contribution is 0.104. The Morgan fingerprint density at radius 1 is 1.14 bits per heavy atom. The maximum Gasteiger partial charge on any atom is 0.187 e. The molecule has 1 aromatic heterocycles. The number of allylic oxidation sites excluding steroid dienone is 1. The van der Waals surface area contributed by atoms with Crippen LogP contribution in [0.25, 0.3) is 6.08 Å². The third kappa shape index (κ3) is 4.64. The Morgan fingerprint density at radius 2 is 1.93 bits per heavy atom. The first-order valence-electron chi connectivity index (χ1n) is 8.73. The van der Waals surface area contributed by atoms with E-state index in [1.807, 2.05) is 42.8 Å². The lowest BCUT2D eigenvalue weighted by Crippen LogP contribution is -2.05. The van der Waals surface area contributed by atoms with Crippen LogP contribution in [0.5, 0.6) is 5.75 Å². The Bertz CT molecular complexity index is 1050. The molecule has 4 nitrogen and oxygen atoms in total. The fourth-order valence-corrected chi connectivity index (χ4v) is 3.47. The summed E-state index contributed by atoms with van der Waals surface area (Å²) in [7, 11) is 1.64. The average Bonchev–Trinajstić information content (AvgIpc) is 2.97. The van der Waals surface area contributed by atoms with Gasteiger partial charge >= 0.3 is 0 Å². The maximum atomic E-state index is 12.4. The summed E-state index contributed by atoms with van der Waals surface area (Å²) in [6.45, 7) is 4.57. The van der Waals surface area contributed by atoms with E-state index in [4.69, 9.17) is 27.9 Å². The Morgan fingerprint density at radius 3 is 2.57 bits per heavy atom. The van der Waals surface area contributed by atoms with Gasteiger partial charge in [-0.2, -0.15) is 5.10 Å². The van der Waals surface area contributed by atoms with Crippen LogP contribution in [0.4, 0.5) is 0 Å². The number of hydrogen-bond acceptors (Lipinski definition) is 3. The van der Waals surface area contributed by atoms with Gasteiger partial charge in [0.25, 0.3) is 0 Å². The van der Waals surface area contributed by atoms with Crippen LogP contribution in [0.2, 0.25) is 10.0 Å². The summed E-state index contributed by atoms with van der Waals surface area (Å²) in [6.07, 6.45) is 3.27. The molecule has 0 N–H and O–H groups in total. The highest BCUT2D eigenvalue weighted by Crippen LogP contribution is 2.24. The summed E-state index contributed by atoms with van der Waals surface area (Å²) < 4.78 is 7.41. The van der Waals surface area contributed by atoms with Crippen LogP contribution >= 0.6 is 23.2 Å². The van der Waals surface area contributed by atoms with Crippen molar-refractivity contribution in [2.24, 2.45) is 0 Å². The highest BCUT2D eigenvalue weighted by molar-refractivity contribution is 6.37. The number of ether oxygens (including phenoxy) is 1. The van der Waals surface area contributed by atoms with Crippen molar-refractivity contribution < 1.29 is 9.53 Å². The van der Waals surface area contributed by atoms with Crippen molar-refractivity contribution in [1.29, 1.82) is 0 Å². The number of benzene rings is 2. The molecular formula is C22H20Cl2N2O2. The summed E-state index contributed by atoms with van der Waals surface area (Å²) >= 11 is 12.0. The van der Waals surface area contributed by atoms with Gasteiger partial charge in [-0.1, -0.05) is 35.3 Å². The molecule has 0 saturated heterocycles. The van der Waals surface area contributed by atoms with E-state index >= 15 is 0 Å². The first kappa shape index (κ1) is 20.2. The molecule has 0 bridgehead atoms. The fourth-order valence-electron chi connectivity index (χ4n) is 2.97. The lowest BCUT2D eigenvalue weighted by Gasteiger charge is -2.11. The summed E-state index contributed by atoms with van der Waals surface area (Å²) in [6, 6.07) is 12.6. The van der Waals surface area contributed by atoms with Crippen molar-refractivity contribution in [1.82, 2.24) is 9.78 Å². The van der Waals surface area contributed by atoms with Gasteiger partial charge in [0.05, 0.1) is 24.4 Å². The first-order chi connectivity index (χ1) is 13.4. The molecule has 0 aliphatic carbocycles. The molecular weight excluding hydrogens is 395 g/mol. The molecule has 3 rings (SSSR count). The average molecular weight is 415 g/mol. The van der Waals surface area contributed by atoms with Gasteiger partial charge in [0.1, 0.15) is 5.75 Å². The lowest BCUT2D eigenvalue weighted by atomic mass is 10.1. The second-order valence-corrected chi connectivity index (χ2v) is 7.32. The van der Waals surface area contributed by atoms with Gasteiger partial charge in [-0.05, 0) is 61.9 Å². The van der Waals surface area contributed by atoms with Crippen molar-refractivity contribution in [3.05, 3.63) is 86.7 Å². The molecule has 0 unspecified atom stereocenters. The van der Waals surface area contributed by atoms with Gasteiger partial charge < -0.3 is 4.74 Å². The standard InChI is InChI=1S/C22H20Cl2N2O2/c1-14-10-15(2)26(25-14)13-17-11-16(5-9-22(17)28-3)4-8-21(27)19-7-6-18(23)12-20(19)24/h4-12H,13H2,1-3H3/b8-4+. The molecule has 3 aromatic rings. The number of ketones is 1. The van der Waals surface area contributed by atoms with Crippen molar-refractivity contribution >= 4 is 35.1 Å². The van der Waals surface area contributed by atoms with Gasteiger partial charge in [0.2, 0.25) is 0 Å². The number of hydrogen-bond donors (Lipinski definition) is 0. The summed E-state index contributed by atoms with van der Waals surface area (Å²) in [4.78, 5) is 12.4. The predicted octanol–water partition coefficient (Wildman–Crippen LogP) is 5.76. The van der Waals surface area contributed by atoms with Crippen molar-refractivity contribution in [3.8, 4) is 5.75 Å². The topological polar surface area (TPSA) is 44.1 Å². The number of methoxy groups -OCH3 is 1. The maximum absolute atomic E-state index is 12.4. The van der Waals surface area contributed by atoms with Gasteiger partial charge in [-0.15, -0.1) is 0 Å². The second kappa shape index (κ2) is 8.63. The van der Waals surface area contributed by atoms with Crippen LogP contribution in [-0.2, 0) is 6.54 Å². The Labute approximate surface area is 174 Å². The normalized spacial score (nSPS) is 11.2. The number of carbonyl (C=O) groups is 1. The smallest absolute Gasteiger partial charge is 0.187 e. The molecule has 28 heavy (non-hydrogen) atoms. The number of halogens is 2. The van der Waals surface area contributed by atoms with E-state index in [2.05, 4.69) is 5.10 Å². The molecule has 0 fully saturated rings. The number of carbonyl (C=O) groups excluding carboxylic acids is 1. The Kier molecular flexibility index (Phi) is 6.22. The quantitative estimate of drug-likeness (QED) is 0.380. The van der Waals surface area contributed by atoms with Gasteiger partial charge in [0, 0.05) is 21.8 Å². The molecule has 0 radical (unpaired) electrons. The van der Waals surface area contributed by atoms with E-state index < -0.39 is 0 Å². The summed E-state index contributed by atoms with van der Waals surface area (Å²) in [5.41, 5.74) is 4.33. The minimum absolute atomic E-state index is 0.183. The van der Waals surface area contributed by atoms with Crippen LogP contribution < -0.4 is 4.74 Å². The van der Waals surface area contributed by atoms with Crippen LogP contribution in [0.15, 0.2) is 48.5 Å².